The second kappa shape index (κ2) is 4.45. The van der Waals surface area contributed by atoms with Gasteiger partial charge in [0, 0.05) is 6.07 Å². The van der Waals surface area contributed by atoms with Crippen LogP contribution < -0.4 is 10.1 Å². The first-order valence-electron chi connectivity index (χ1n) is 5.30. The van der Waals surface area contributed by atoms with Gasteiger partial charge in [0.05, 0.1) is 11.6 Å². The Balaban J connectivity index is 1.82. The molecule has 6 nitrogen and oxygen atoms in total. The minimum atomic E-state index is -0.811. The highest BCUT2D eigenvalue weighted by molar-refractivity contribution is 5.96. The number of carbonyl (C=O) groups excluding carboxylic acids is 1. The van der Waals surface area contributed by atoms with Crippen LogP contribution in [0.15, 0.2) is 45.5 Å². The smallest absolute Gasteiger partial charge is 0.420 e. The summed E-state index contributed by atoms with van der Waals surface area (Å²) < 4.78 is 27.8. The molecule has 0 saturated carbocycles. The van der Waals surface area contributed by atoms with Gasteiger partial charge >= 0.3 is 6.09 Å². The first-order valence-corrected chi connectivity index (χ1v) is 5.30. The van der Waals surface area contributed by atoms with E-state index in [2.05, 4.69) is 10.5 Å². The normalized spacial score (nSPS) is 10.6. The molecule has 0 aliphatic heterocycles. The molecule has 3 aromatic rings. The molecule has 19 heavy (non-hydrogen) atoms. The first kappa shape index (κ1) is 11.3. The van der Waals surface area contributed by atoms with Gasteiger partial charge in [-0.05, 0) is 18.2 Å². The molecular formula is C12H7FN2O4. The number of para-hydroxylation sites is 1. The Morgan fingerprint density at radius 3 is 3.00 bits per heavy atom. The number of benzene rings is 1. The van der Waals surface area contributed by atoms with Gasteiger partial charge in [0.1, 0.15) is 0 Å². The fourth-order valence-electron chi connectivity index (χ4n) is 1.55. The van der Waals surface area contributed by atoms with E-state index in [-0.39, 0.29) is 17.3 Å². The number of hydrogen-bond acceptors (Lipinski definition) is 5. The van der Waals surface area contributed by atoms with Crippen LogP contribution in [-0.2, 0) is 0 Å². The Hall–Kier alpha value is -2.83. The number of anilines is 1. The molecule has 0 unspecified atom stereocenters. The van der Waals surface area contributed by atoms with Crippen LogP contribution in [0.5, 0.6) is 5.95 Å². The number of hydrogen-bond donors (Lipinski definition) is 1. The largest absolute Gasteiger partial charge is 0.434 e. The first-order chi connectivity index (χ1) is 9.24. The molecule has 1 N–H and O–H groups in total. The maximum atomic E-state index is 13.3. The Morgan fingerprint density at radius 1 is 1.32 bits per heavy atom. The van der Waals surface area contributed by atoms with Gasteiger partial charge in [-0.1, -0.05) is 11.2 Å². The van der Waals surface area contributed by atoms with E-state index in [4.69, 9.17) is 13.7 Å². The molecule has 0 atom stereocenters. The van der Waals surface area contributed by atoms with Gasteiger partial charge in [-0.15, -0.1) is 0 Å². The number of furan rings is 1. The van der Waals surface area contributed by atoms with Crippen molar-refractivity contribution in [3.8, 4) is 5.95 Å². The Labute approximate surface area is 105 Å². The monoisotopic (exact) mass is 262 g/mol. The van der Waals surface area contributed by atoms with Gasteiger partial charge in [-0.3, -0.25) is 5.32 Å². The van der Waals surface area contributed by atoms with Crippen molar-refractivity contribution in [2.45, 2.75) is 0 Å². The molecule has 3 rings (SSSR count). The third-order valence-corrected chi connectivity index (χ3v) is 2.36. The van der Waals surface area contributed by atoms with E-state index in [0.717, 1.165) is 0 Å². The molecule has 96 valence electrons. The highest BCUT2D eigenvalue weighted by Crippen LogP contribution is 2.25. The SMILES string of the molecule is O=C(Nc1noc2c(F)cccc12)Oc1ccco1. The summed E-state index contributed by atoms with van der Waals surface area (Å²) >= 11 is 0. The summed E-state index contributed by atoms with van der Waals surface area (Å²) in [6.45, 7) is 0. The quantitative estimate of drug-likeness (QED) is 0.767. The second-order valence-corrected chi connectivity index (χ2v) is 3.59. The van der Waals surface area contributed by atoms with E-state index >= 15 is 0 Å². The van der Waals surface area contributed by atoms with Gasteiger partial charge in [0.15, 0.2) is 11.6 Å². The third kappa shape index (κ3) is 2.13. The van der Waals surface area contributed by atoms with Gasteiger partial charge in [-0.25, -0.2) is 9.18 Å². The Morgan fingerprint density at radius 2 is 2.21 bits per heavy atom. The molecule has 2 heterocycles. The van der Waals surface area contributed by atoms with E-state index in [1.54, 1.807) is 12.1 Å². The van der Waals surface area contributed by atoms with Crippen molar-refractivity contribution in [2.24, 2.45) is 0 Å². The van der Waals surface area contributed by atoms with Crippen molar-refractivity contribution in [2.75, 3.05) is 5.32 Å². The molecule has 0 aliphatic carbocycles. The summed E-state index contributed by atoms with van der Waals surface area (Å²) in [5.74, 6) is -0.444. The van der Waals surface area contributed by atoms with Crippen LogP contribution in [0.2, 0.25) is 0 Å². The molecule has 0 aliphatic rings. The van der Waals surface area contributed by atoms with E-state index in [0.29, 0.717) is 5.39 Å². The van der Waals surface area contributed by atoms with Crippen molar-refractivity contribution in [1.82, 2.24) is 5.16 Å². The highest BCUT2D eigenvalue weighted by Gasteiger charge is 2.15. The number of nitrogens with one attached hydrogen (secondary N) is 1. The molecule has 0 bridgehead atoms. The van der Waals surface area contributed by atoms with Crippen LogP contribution in [0, 0.1) is 5.82 Å². The van der Waals surface area contributed by atoms with E-state index < -0.39 is 11.9 Å². The molecule has 0 saturated heterocycles. The number of carbonyl (C=O) groups is 1. The van der Waals surface area contributed by atoms with Crippen molar-refractivity contribution >= 4 is 22.9 Å². The highest BCUT2D eigenvalue weighted by atomic mass is 19.1. The lowest BCUT2D eigenvalue weighted by molar-refractivity contribution is 0.202. The summed E-state index contributed by atoms with van der Waals surface area (Å²) in [6, 6.07) is 7.33. The zero-order valence-corrected chi connectivity index (χ0v) is 9.42. The molecular weight excluding hydrogens is 255 g/mol. The summed E-state index contributed by atoms with van der Waals surface area (Å²) in [5.41, 5.74) is -0.0317. The van der Waals surface area contributed by atoms with Crippen LogP contribution in [0.1, 0.15) is 0 Å². The van der Waals surface area contributed by atoms with E-state index in [1.807, 2.05) is 0 Å². The number of ether oxygens (including phenoxy) is 1. The number of aromatic nitrogens is 1. The predicted octanol–water partition coefficient (Wildman–Crippen LogP) is 3.17. The molecule has 1 aromatic carbocycles. The summed E-state index contributed by atoms with van der Waals surface area (Å²) in [7, 11) is 0. The van der Waals surface area contributed by atoms with Crippen LogP contribution >= 0.6 is 0 Å². The summed E-state index contributed by atoms with van der Waals surface area (Å²) in [4.78, 5) is 11.5. The molecule has 1 amide bonds. The van der Waals surface area contributed by atoms with Crippen molar-refractivity contribution in [3.05, 3.63) is 42.4 Å². The Bertz CT molecular complexity index is 720. The minimum absolute atomic E-state index is 0.0317. The number of nitrogens with zero attached hydrogens (tertiary/aromatic N) is 1. The molecule has 2 aromatic heterocycles. The van der Waals surface area contributed by atoms with Crippen molar-refractivity contribution in [1.29, 1.82) is 0 Å². The second-order valence-electron chi connectivity index (χ2n) is 3.59. The number of fused-ring (bicyclic) bond motifs is 1. The van der Waals surface area contributed by atoms with Crippen LogP contribution in [-0.4, -0.2) is 11.2 Å². The summed E-state index contributed by atoms with van der Waals surface area (Å²) in [6.07, 6.45) is 0.554. The minimum Gasteiger partial charge on any atom is -0.434 e. The zero-order valence-electron chi connectivity index (χ0n) is 9.42. The number of halogens is 1. The maximum absolute atomic E-state index is 13.3. The van der Waals surface area contributed by atoms with Crippen LogP contribution in [0.25, 0.3) is 11.0 Å². The lowest BCUT2D eigenvalue weighted by Crippen LogP contribution is -2.16. The topological polar surface area (TPSA) is 77.5 Å². The lowest BCUT2D eigenvalue weighted by atomic mass is 10.2. The summed E-state index contributed by atoms with van der Waals surface area (Å²) in [5, 5.41) is 6.25. The predicted molar refractivity (Wildman–Crippen MR) is 62.3 cm³/mol. The Kier molecular flexibility index (Phi) is 2.64. The molecule has 0 spiro atoms. The average molecular weight is 262 g/mol. The number of amides is 1. The van der Waals surface area contributed by atoms with Gasteiger partial charge in [-0.2, -0.15) is 0 Å². The molecule has 7 heteroatoms. The fourth-order valence-corrected chi connectivity index (χ4v) is 1.55. The fraction of sp³-hybridized carbons (Fsp3) is 0. The van der Waals surface area contributed by atoms with E-state index in [1.165, 1.54) is 24.5 Å². The van der Waals surface area contributed by atoms with Gasteiger partial charge < -0.3 is 13.7 Å². The maximum Gasteiger partial charge on any atom is 0.420 e. The van der Waals surface area contributed by atoms with Gasteiger partial charge in [0.2, 0.25) is 5.58 Å². The number of rotatable bonds is 2. The van der Waals surface area contributed by atoms with Crippen LogP contribution in [0.4, 0.5) is 15.0 Å². The zero-order chi connectivity index (χ0) is 13.2. The van der Waals surface area contributed by atoms with E-state index in [9.17, 15) is 9.18 Å². The average Bonchev–Trinajstić information content (AvgIpc) is 3.01. The third-order valence-electron chi connectivity index (χ3n) is 2.36. The van der Waals surface area contributed by atoms with Crippen molar-refractivity contribution < 1.29 is 22.9 Å². The standard InChI is InChI=1S/C12H7FN2O4/c13-8-4-1-3-7-10(8)19-15-11(7)14-12(16)18-9-5-2-6-17-9/h1-6H,(H,14,15,16). The lowest BCUT2D eigenvalue weighted by Gasteiger charge is -2.00. The van der Waals surface area contributed by atoms with Crippen molar-refractivity contribution in [3.63, 3.8) is 0 Å². The van der Waals surface area contributed by atoms with Gasteiger partial charge in [0.25, 0.3) is 5.95 Å². The molecule has 0 radical (unpaired) electrons. The molecule has 0 fully saturated rings. The van der Waals surface area contributed by atoms with Crippen LogP contribution in [0.3, 0.4) is 0 Å².